The Bertz CT molecular complexity index is 1360. The number of hydrogen-bond donors (Lipinski definition) is 1. The average Bonchev–Trinajstić information content (AvgIpc) is 2.91. The molecule has 3 heterocycles. The number of benzene rings is 1. The van der Waals surface area contributed by atoms with Crippen molar-refractivity contribution in [2.75, 3.05) is 26.3 Å². The van der Waals surface area contributed by atoms with E-state index in [1.807, 2.05) is 18.2 Å². The molecule has 2 aromatic heterocycles. The van der Waals surface area contributed by atoms with E-state index in [4.69, 9.17) is 9.72 Å². The number of morpholine rings is 1. The van der Waals surface area contributed by atoms with Gasteiger partial charge in [-0.05, 0) is 54.7 Å². The molecule has 9 heteroatoms. The highest BCUT2D eigenvalue weighted by Gasteiger charge is 2.30. The van der Waals surface area contributed by atoms with Gasteiger partial charge in [0.15, 0.2) is 0 Å². The van der Waals surface area contributed by atoms with E-state index >= 15 is 0 Å². The molecule has 0 unspecified atom stereocenters. The van der Waals surface area contributed by atoms with Crippen LogP contribution in [0.4, 0.5) is 0 Å². The van der Waals surface area contributed by atoms with E-state index < -0.39 is 10.0 Å². The molecule has 190 valence electrons. The van der Waals surface area contributed by atoms with Crippen LogP contribution < -0.4 is 5.32 Å². The Hall–Kier alpha value is -2.88. The normalized spacial score (nSPS) is 23.4. The van der Waals surface area contributed by atoms with Gasteiger partial charge in [0.25, 0.3) is 5.91 Å². The molecule has 1 N–H and O–H groups in total. The van der Waals surface area contributed by atoms with E-state index in [2.05, 4.69) is 24.1 Å². The summed E-state index contributed by atoms with van der Waals surface area (Å²) >= 11 is 0. The number of ether oxygens (including phenoxy) is 1. The van der Waals surface area contributed by atoms with Crippen LogP contribution in [0.2, 0.25) is 0 Å². The van der Waals surface area contributed by atoms with E-state index in [9.17, 15) is 13.2 Å². The third kappa shape index (κ3) is 4.87. The zero-order chi connectivity index (χ0) is 25.3. The monoisotopic (exact) mass is 508 g/mol. The van der Waals surface area contributed by atoms with Crippen LogP contribution in [-0.4, -0.2) is 60.9 Å². The molecule has 3 atom stereocenters. The first-order valence-corrected chi connectivity index (χ1v) is 14.0. The standard InChI is InChI=1S/C27H32N4O4S/c1-18-6-5-8-23(19(18)2)30-27(32)22-17-26(25-7-3-4-11-28-25)29-24-10-9-20(16-21(22)24)36(33,34)31-12-14-35-15-13-31/h3-4,7,9-11,16-19,23H,5-6,8,12-15H2,1-2H3,(H,30,32)/t18-,19+,23+/m1/s1. The summed E-state index contributed by atoms with van der Waals surface area (Å²) in [7, 11) is -3.72. The summed E-state index contributed by atoms with van der Waals surface area (Å²) in [6.45, 7) is 5.77. The Morgan fingerprint density at radius 3 is 2.61 bits per heavy atom. The number of nitrogens with zero attached hydrogens (tertiary/aromatic N) is 3. The van der Waals surface area contributed by atoms with Crippen LogP contribution in [0.5, 0.6) is 0 Å². The highest BCUT2D eigenvalue weighted by molar-refractivity contribution is 7.89. The lowest BCUT2D eigenvalue weighted by Crippen LogP contribution is -2.43. The van der Waals surface area contributed by atoms with Gasteiger partial charge < -0.3 is 10.1 Å². The molecule has 5 rings (SSSR count). The molecule has 0 bridgehead atoms. The van der Waals surface area contributed by atoms with Gasteiger partial charge in [-0.2, -0.15) is 4.31 Å². The van der Waals surface area contributed by atoms with Crippen molar-refractivity contribution in [2.45, 2.75) is 44.0 Å². The molecule has 1 aliphatic carbocycles. The smallest absolute Gasteiger partial charge is 0.252 e. The van der Waals surface area contributed by atoms with E-state index in [0.29, 0.717) is 66.0 Å². The van der Waals surface area contributed by atoms with Crippen LogP contribution in [0, 0.1) is 11.8 Å². The zero-order valence-electron chi connectivity index (χ0n) is 20.7. The van der Waals surface area contributed by atoms with Crippen LogP contribution >= 0.6 is 0 Å². The molecule has 1 saturated heterocycles. The van der Waals surface area contributed by atoms with Gasteiger partial charge in [0.1, 0.15) is 0 Å². The van der Waals surface area contributed by atoms with E-state index in [-0.39, 0.29) is 16.8 Å². The number of fused-ring (bicyclic) bond motifs is 1. The molecule has 0 spiro atoms. The molecule has 2 fully saturated rings. The van der Waals surface area contributed by atoms with Gasteiger partial charge in [0.2, 0.25) is 10.0 Å². The topological polar surface area (TPSA) is 101 Å². The van der Waals surface area contributed by atoms with Crippen LogP contribution in [-0.2, 0) is 14.8 Å². The fourth-order valence-corrected chi connectivity index (χ4v) is 6.60. The number of hydrogen-bond acceptors (Lipinski definition) is 6. The number of amides is 1. The fraction of sp³-hybridized carbons (Fsp3) is 0.444. The summed E-state index contributed by atoms with van der Waals surface area (Å²) in [5.41, 5.74) is 2.18. The first-order valence-electron chi connectivity index (χ1n) is 12.6. The van der Waals surface area contributed by atoms with Crippen LogP contribution in [0.15, 0.2) is 53.6 Å². The molecule has 3 aromatic rings. The minimum atomic E-state index is -3.72. The van der Waals surface area contributed by atoms with E-state index in [1.165, 1.54) is 4.31 Å². The van der Waals surface area contributed by atoms with E-state index in [0.717, 1.165) is 19.3 Å². The second kappa shape index (κ2) is 10.2. The Balaban J connectivity index is 1.58. The van der Waals surface area contributed by atoms with Gasteiger partial charge in [-0.25, -0.2) is 13.4 Å². The van der Waals surface area contributed by atoms with Crippen molar-refractivity contribution in [3.8, 4) is 11.4 Å². The van der Waals surface area contributed by atoms with Gasteiger partial charge in [0.05, 0.1) is 40.6 Å². The summed E-state index contributed by atoms with van der Waals surface area (Å²) in [6, 6.07) is 12.2. The Morgan fingerprint density at radius 2 is 1.86 bits per heavy atom. The predicted octanol–water partition coefficient (Wildman–Crippen LogP) is 3.87. The summed E-state index contributed by atoms with van der Waals surface area (Å²) in [5, 5.41) is 3.76. The lowest BCUT2D eigenvalue weighted by Gasteiger charge is -2.34. The fourth-order valence-electron chi connectivity index (χ4n) is 5.17. The molecule has 0 radical (unpaired) electrons. The summed E-state index contributed by atoms with van der Waals surface area (Å²) in [6.07, 6.45) is 4.86. The average molecular weight is 509 g/mol. The number of rotatable bonds is 5. The second-order valence-electron chi connectivity index (χ2n) is 9.81. The first kappa shape index (κ1) is 24.8. The predicted molar refractivity (Wildman–Crippen MR) is 138 cm³/mol. The third-order valence-electron chi connectivity index (χ3n) is 7.58. The maximum absolute atomic E-state index is 13.7. The molecule has 1 amide bonds. The second-order valence-corrected chi connectivity index (χ2v) is 11.8. The molecular weight excluding hydrogens is 476 g/mol. The minimum absolute atomic E-state index is 0.0723. The highest BCUT2D eigenvalue weighted by Crippen LogP contribution is 2.31. The number of sulfonamides is 1. The van der Waals surface area contributed by atoms with E-state index in [1.54, 1.807) is 30.5 Å². The van der Waals surface area contributed by atoms with Crippen molar-refractivity contribution in [3.63, 3.8) is 0 Å². The summed E-state index contributed by atoms with van der Waals surface area (Å²) < 4.78 is 33.4. The first-order chi connectivity index (χ1) is 17.3. The lowest BCUT2D eigenvalue weighted by atomic mass is 9.78. The largest absolute Gasteiger partial charge is 0.379 e. The summed E-state index contributed by atoms with van der Waals surface area (Å²) in [5.74, 6) is 0.683. The maximum atomic E-state index is 13.7. The van der Waals surface area contributed by atoms with Gasteiger partial charge in [0, 0.05) is 30.7 Å². The molecule has 1 aliphatic heterocycles. The van der Waals surface area contributed by atoms with Crippen LogP contribution in [0.1, 0.15) is 43.5 Å². The summed E-state index contributed by atoms with van der Waals surface area (Å²) in [4.78, 5) is 23.0. The van der Waals surface area contributed by atoms with Crippen LogP contribution in [0.25, 0.3) is 22.3 Å². The number of carbonyl (C=O) groups is 1. The Morgan fingerprint density at radius 1 is 1.06 bits per heavy atom. The number of carbonyl (C=O) groups excluding carboxylic acids is 1. The Kier molecular flexibility index (Phi) is 7.05. The van der Waals surface area contributed by atoms with Crippen molar-refractivity contribution in [1.29, 1.82) is 0 Å². The maximum Gasteiger partial charge on any atom is 0.252 e. The molecule has 2 aliphatic rings. The van der Waals surface area contributed by atoms with Crippen molar-refractivity contribution in [3.05, 3.63) is 54.2 Å². The molecule has 1 aromatic carbocycles. The van der Waals surface area contributed by atoms with Crippen molar-refractivity contribution < 1.29 is 17.9 Å². The zero-order valence-corrected chi connectivity index (χ0v) is 21.5. The van der Waals surface area contributed by atoms with Crippen molar-refractivity contribution in [1.82, 2.24) is 19.6 Å². The van der Waals surface area contributed by atoms with Gasteiger partial charge >= 0.3 is 0 Å². The number of nitrogens with one attached hydrogen (secondary N) is 1. The van der Waals surface area contributed by atoms with Gasteiger partial charge in [-0.15, -0.1) is 0 Å². The molecule has 1 saturated carbocycles. The van der Waals surface area contributed by atoms with Crippen molar-refractivity contribution >= 4 is 26.8 Å². The van der Waals surface area contributed by atoms with Crippen LogP contribution in [0.3, 0.4) is 0 Å². The highest BCUT2D eigenvalue weighted by atomic mass is 32.2. The van der Waals surface area contributed by atoms with Crippen molar-refractivity contribution in [2.24, 2.45) is 11.8 Å². The molecule has 36 heavy (non-hydrogen) atoms. The van der Waals surface area contributed by atoms with Gasteiger partial charge in [-0.1, -0.05) is 32.8 Å². The number of aromatic nitrogens is 2. The Labute approximate surface area is 212 Å². The third-order valence-corrected chi connectivity index (χ3v) is 9.48. The van der Waals surface area contributed by atoms with Gasteiger partial charge in [-0.3, -0.25) is 9.78 Å². The quantitative estimate of drug-likeness (QED) is 0.561. The molecular formula is C27H32N4O4S. The SMILES string of the molecule is C[C@H]1[C@H](C)CCC[C@@H]1NC(=O)c1cc(-c2ccccn2)nc2ccc(S(=O)(=O)N3CCOCC3)cc12. The lowest BCUT2D eigenvalue weighted by molar-refractivity contribution is 0.0730. The minimum Gasteiger partial charge on any atom is -0.379 e. The molecule has 8 nitrogen and oxygen atoms in total. The number of pyridine rings is 2.